The fourth-order valence-electron chi connectivity index (χ4n) is 1.98. The molecular formula is C14H16N2O. The summed E-state index contributed by atoms with van der Waals surface area (Å²) < 4.78 is 0. The average molecular weight is 228 g/mol. The van der Waals surface area contributed by atoms with Crippen molar-refractivity contribution in [2.75, 3.05) is 11.4 Å². The van der Waals surface area contributed by atoms with Gasteiger partial charge in [0.25, 0.3) is 5.56 Å². The van der Waals surface area contributed by atoms with Gasteiger partial charge >= 0.3 is 0 Å². The molecule has 2 rings (SSSR count). The first-order valence-electron chi connectivity index (χ1n) is 5.68. The molecule has 3 nitrogen and oxygen atoms in total. The van der Waals surface area contributed by atoms with E-state index in [0.29, 0.717) is 5.69 Å². The summed E-state index contributed by atoms with van der Waals surface area (Å²) in [5, 5.41) is 1.03. The number of hydrogen-bond acceptors (Lipinski definition) is 2. The third-order valence-electron chi connectivity index (χ3n) is 2.80. The molecular weight excluding hydrogens is 212 g/mol. The second-order valence-corrected chi connectivity index (χ2v) is 4.05. The Labute approximate surface area is 100 Å². The molecule has 0 fully saturated rings. The van der Waals surface area contributed by atoms with Crippen molar-refractivity contribution in [2.24, 2.45) is 0 Å². The zero-order valence-electron chi connectivity index (χ0n) is 10.2. The zero-order chi connectivity index (χ0) is 12.4. The molecule has 0 spiro atoms. The van der Waals surface area contributed by atoms with Gasteiger partial charge in [-0.05, 0) is 26.0 Å². The number of aromatic nitrogens is 1. The van der Waals surface area contributed by atoms with E-state index in [9.17, 15) is 4.79 Å². The van der Waals surface area contributed by atoms with Crippen LogP contribution in [0.15, 0.2) is 47.4 Å². The zero-order valence-corrected chi connectivity index (χ0v) is 10.2. The number of rotatable bonds is 3. The van der Waals surface area contributed by atoms with Gasteiger partial charge < -0.3 is 9.88 Å². The predicted molar refractivity (Wildman–Crippen MR) is 72.4 cm³/mol. The van der Waals surface area contributed by atoms with Crippen LogP contribution in [-0.2, 0) is 0 Å². The van der Waals surface area contributed by atoms with E-state index >= 15 is 0 Å². The van der Waals surface area contributed by atoms with Crippen LogP contribution in [0.2, 0.25) is 0 Å². The fourth-order valence-corrected chi connectivity index (χ4v) is 1.98. The Morgan fingerprint density at radius 3 is 2.76 bits per heavy atom. The molecule has 3 heteroatoms. The summed E-state index contributed by atoms with van der Waals surface area (Å²) in [4.78, 5) is 16.8. The number of nitrogens with zero attached hydrogens (tertiary/aromatic N) is 1. The first kappa shape index (κ1) is 11.5. The van der Waals surface area contributed by atoms with Crippen molar-refractivity contribution in [3.63, 3.8) is 0 Å². The van der Waals surface area contributed by atoms with Crippen LogP contribution in [0.3, 0.4) is 0 Å². The van der Waals surface area contributed by atoms with Gasteiger partial charge in [0.2, 0.25) is 0 Å². The van der Waals surface area contributed by atoms with E-state index in [0.717, 1.165) is 23.1 Å². The Bertz CT molecular complexity index is 613. The molecule has 2 aromatic rings. The molecule has 0 amide bonds. The highest BCUT2D eigenvalue weighted by Crippen LogP contribution is 2.18. The maximum Gasteiger partial charge on any atom is 0.272 e. The van der Waals surface area contributed by atoms with Gasteiger partial charge in [-0.3, -0.25) is 4.79 Å². The van der Waals surface area contributed by atoms with Gasteiger partial charge in [-0.1, -0.05) is 24.8 Å². The van der Waals surface area contributed by atoms with Crippen LogP contribution >= 0.6 is 0 Å². The summed E-state index contributed by atoms with van der Waals surface area (Å²) in [6.45, 7) is 8.53. The molecule has 17 heavy (non-hydrogen) atoms. The molecule has 1 heterocycles. The van der Waals surface area contributed by atoms with Crippen LogP contribution in [0.1, 0.15) is 13.8 Å². The van der Waals surface area contributed by atoms with Crippen LogP contribution in [0.25, 0.3) is 10.9 Å². The molecule has 1 aromatic heterocycles. The summed E-state index contributed by atoms with van der Waals surface area (Å²) in [5.74, 6) is 0. The minimum Gasteiger partial charge on any atom is -0.342 e. The van der Waals surface area contributed by atoms with Gasteiger partial charge in [-0.25, -0.2) is 0 Å². The molecule has 0 saturated carbocycles. The van der Waals surface area contributed by atoms with Gasteiger partial charge in [0.15, 0.2) is 0 Å². The topological polar surface area (TPSA) is 36.1 Å². The van der Waals surface area contributed by atoms with Crippen LogP contribution in [0.4, 0.5) is 5.69 Å². The van der Waals surface area contributed by atoms with Gasteiger partial charge in [0.05, 0.1) is 0 Å². The second-order valence-electron chi connectivity index (χ2n) is 4.05. The fraction of sp³-hybridized carbons (Fsp3) is 0.214. The molecule has 0 aliphatic heterocycles. The maximum absolute atomic E-state index is 12.0. The van der Waals surface area contributed by atoms with Gasteiger partial charge in [-0.2, -0.15) is 0 Å². The van der Waals surface area contributed by atoms with Crippen molar-refractivity contribution in [2.45, 2.75) is 13.8 Å². The number of anilines is 1. The summed E-state index contributed by atoms with van der Waals surface area (Å²) in [6, 6.07) is 9.67. The molecule has 88 valence electrons. The number of nitrogens with one attached hydrogen (secondary N) is 1. The smallest absolute Gasteiger partial charge is 0.272 e. The molecule has 0 aliphatic carbocycles. The summed E-state index contributed by atoms with van der Waals surface area (Å²) in [6.07, 6.45) is 0. The van der Waals surface area contributed by atoms with Crippen LogP contribution in [0.5, 0.6) is 0 Å². The largest absolute Gasteiger partial charge is 0.342 e. The maximum atomic E-state index is 12.0. The lowest BCUT2D eigenvalue weighted by molar-refractivity contribution is 0.946. The van der Waals surface area contributed by atoms with E-state index < -0.39 is 0 Å². The molecule has 0 aliphatic rings. The van der Waals surface area contributed by atoms with Crippen LogP contribution in [0, 0.1) is 0 Å². The first-order chi connectivity index (χ1) is 8.13. The number of allylic oxidation sites excluding steroid dienone is 1. The quantitative estimate of drug-likeness (QED) is 0.876. The van der Waals surface area contributed by atoms with E-state index in [1.165, 1.54) is 0 Å². The monoisotopic (exact) mass is 228 g/mol. The third kappa shape index (κ3) is 2.09. The van der Waals surface area contributed by atoms with Crippen molar-refractivity contribution in [1.29, 1.82) is 0 Å². The molecule has 0 radical (unpaired) electrons. The number of pyridine rings is 1. The lowest BCUT2D eigenvalue weighted by Gasteiger charge is -2.22. The van der Waals surface area contributed by atoms with E-state index in [1.807, 2.05) is 49.1 Å². The summed E-state index contributed by atoms with van der Waals surface area (Å²) in [5.41, 5.74) is 2.31. The Balaban J connectivity index is 2.65. The lowest BCUT2D eigenvalue weighted by atomic mass is 10.2. The molecule has 0 atom stereocenters. The number of aromatic amines is 1. The normalized spacial score (nSPS) is 10.5. The SMILES string of the molecule is C=C(C)N(CC)c1cc2ccccc2[nH]c1=O. The van der Waals surface area contributed by atoms with Crippen molar-refractivity contribution < 1.29 is 0 Å². The van der Waals surface area contributed by atoms with Crippen LogP contribution < -0.4 is 10.5 Å². The number of fused-ring (bicyclic) bond motifs is 1. The minimum absolute atomic E-state index is 0.0754. The first-order valence-corrected chi connectivity index (χ1v) is 5.68. The minimum atomic E-state index is -0.0754. The third-order valence-corrected chi connectivity index (χ3v) is 2.80. The van der Waals surface area contributed by atoms with Gasteiger partial charge in [-0.15, -0.1) is 0 Å². The van der Waals surface area contributed by atoms with E-state index in [-0.39, 0.29) is 5.56 Å². The molecule has 0 bridgehead atoms. The van der Waals surface area contributed by atoms with Crippen molar-refractivity contribution in [1.82, 2.24) is 4.98 Å². The highest BCUT2D eigenvalue weighted by Gasteiger charge is 2.10. The average Bonchev–Trinajstić information content (AvgIpc) is 2.30. The Morgan fingerprint density at radius 1 is 1.41 bits per heavy atom. The summed E-state index contributed by atoms with van der Waals surface area (Å²) >= 11 is 0. The second kappa shape index (κ2) is 4.45. The van der Waals surface area contributed by atoms with E-state index in [4.69, 9.17) is 0 Å². The highest BCUT2D eigenvalue weighted by atomic mass is 16.1. The molecule has 1 aromatic carbocycles. The molecule has 0 saturated heterocycles. The predicted octanol–water partition coefficient (Wildman–Crippen LogP) is 2.89. The standard InChI is InChI=1S/C14H16N2O/c1-4-16(10(2)3)13-9-11-7-5-6-8-12(11)15-14(13)17/h5-9H,2,4H2,1,3H3,(H,15,17). The summed E-state index contributed by atoms with van der Waals surface area (Å²) in [7, 11) is 0. The van der Waals surface area contributed by atoms with E-state index in [2.05, 4.69) is 11.6 Å². The van der Waals surface area contributed by atoms with Crippen molar-refractivity contribution in [3.8, 4) is 0 Å². The Kier molecular flexibility index (Phi) is 3.00. The number of para-hydroxylation sites is 1. The Hall–Kier alpha value is -2.03. The molecule has 0 unspecified atom stereocenters. The molecule has 1 N–H and O–H groups in total. The van der Waals surface area contributed by atoms with Gasteiger partial charge in [0.1, 0.15) is 5.69 Å². The lowest BCUT2D eigenvalue weighted by Crippen LogP contribution is -2.26. The van der Waals surface area contributed by atoms with Crippen molar-refractivity contribution >= 4 is 16.6 Å². The van der Waals surface area contributed by atoms with Crippen molar-refractivity contribution in [3.05, 3.63) is 53.0 Å². The van der Waals surface area contributed by atoms with E-state index in [1.54, 1.807) is 0 Å². The number of benzene rings is 1. The van der Waals surface area contributed by atoms with Gasteiger partial charge in [0, 0.05) is 23.1 Å². The van der Waals surface area contributed by atoms with Crippen LogP contribution in [-0.4, -0.2) is 11.5 Å². The Morgan fingerprint density at radius 2 is 2.12 bits per heavy atom. The number of H-pyrrole nitrogens is 1. The number of hydrogen-bond donors (Lipinski definition) is 1. The highest BCUT2D eigenvalue weighted by molar-refractivity contribution is 5.81.